The predicted molar refractivity (Wildman–Crippen MR) is 191 cm³/mol. The zero-order chi connectivity index (χ0) is 34.3. The van der Waals surface area contributed by atoms with E-state index in [-0.39, 0.29) is 29.5 Å². The number of hydrogen-bond acceptors (Lipinski definition) is 9. The van der Waals surface area contributed by atoms with Gasteiger partial charge < -0.3 is 20.5 Å². The normalized spacial score (nSPS) is 14.0. The molecule has 0 unspecified atom stereocenters. The molecule has 1 aliphatic rings. The zero-order valence-corrected chi connectivity index (χ0v) is 29.2. The molecule has 0 aliphatic carbocycles. The molecule has 0 saturated carbocycles. The average Bonchev–Trinajstić information content (AvgIpc) is 3.74. The van der Waals surface area contributed by atoms with Crippen LogP contribution < -0.4 is 16.1 Å². The summed E-state index contributed by atoms with van der Waals surface area (Å²) in [7, 11) is 0. The number of nitrogens with one attached hydrogen (secondary N) is 3. The van der Waals surface area contributed by atoms with Crippen LogP contribution in [0, 0.1) is 0 Å². The molecule has 2 aromatic heterocycles. The Morgan fingerprint density at radius 1 is 0.896 bits per heavy atom. The lowest BCUT2D eigenvalue weighted by atomic mass is 9.86. The minimum absolute atomic E-state index is 0.0357. The van der Waals surface area contributed by atoms with Crippen molar-refractivity contribution in [2.24, 2.45) is 5.10 Å². The molecule has 12 heteroatoms. The van der Waals surface area contributed by atoms with Gasteiger partial charge in [0.25, 0.3) is 17.7 Å². The van der Waals surface area contributed by atoms with Gasteiger partial charge in [-0.1, -0.05) is 57.2 Å². The number of hydrazone groups is 1. The van der Waals surface area contributed by atoms with Crippen LogP contribution in [0.1, 0.15) is 74.1 Å². The van der Waals surface area contributed by atoms with Crippen molar-refractivity contribution in [3.8, 4) is 16.2 Å². The number of nitrogens with zero attached hydrogens (tertiary/aromatic N) is 2. The van der Waals surface area contributed by atoms with Crippen molar-refractivity contribution in [1.29, 1.82) is 0 Å². The number of ether oxygens (including phenoxy) is 1. The van der Waals surface area contributed by atoms with Crippen LogP contribution in [0.5, 0.6) is 5.75 Å². The van der Waals surface area contributed by atoms with Crippen LogP contribution in [0.15, 0.2) is 71.1 Å². The molecule has 1 fully saturated rings. The van der Waals surface area contributed by atoms with E-state index in [2.05, 4.69) is 59.0 Å². The lowest BCUT2D eigenvalue weighted by Gasteiger charge is -2.26. The van der Waals surface area contributed by atoms with Gasteiger partial charge >= 0.3 is 0 Å². The summed E-state index contributed by atoms with van der Waals surface area (Å²) < 4.78 is 5.35. The van der Waals surface area contributed by atoms with Crippen LogP contribution in [0.4, 0.5) is 0 Å². The molecule has 252 valence electrons. The van der Waals surface area contributed by atoms with E-state index in [1.54, 1.807) is 31.2 Å². The quantitative estimate of drug-likeness (QED) is 0.120. The lowest BCUT2D eigenvalue weighted by molar-refractivity contribution is 0.0383. The van der Waals surface area contributed by atoms with E-state index in [1.807, 2.05) is 29.6 Å². The fourth-order valence-corrected chi connectivity index (χ4v) is 6.89. The largest absolute Gasteiger partial charge is 0.506 e. The molecular weight excluding hydrogens is 647 g/mol. The summed E-state index contributed by atoms with van der Waals surface area (Å²) in [6.07, 6.45) is 0. The Labute approximate surface area is 288 Å². The van der Waals surface area contributed by atoms with E-state index in [0.29, 0.717) is 33.1 Å². The summed E-state index contributed by atoms with van der Waals surface area (Å²) in [6.45, 7) is 13.0. The maximum absolute atomic E-state index is 12.8. The predicted octanol–water partition coefficient (Wildman–Crippen LogP) is 5.63. The Balaban J connectivity index is 1.09. The van der Waals surface area contributed by atoms with Crippen molar-refractivity contribution < 1.29 is 24.2 Å². The first-order chi connectivity index (χ1) is 23.0. The van der Waals surface area contributed by atoms with Crippen molar-refractivity contribution >= 4 is 46.1 Å². The maximum atomic E-state index is 12.8. The van der Waals surface area contributed by atoms with Crippen molar-refractivity contribution in [3.63, 3.8) is 0 Å². The molecule has 4 aromatic rings. The van der Waals surface area contributed by atoms with Crippen LogP contribution in [0.3, 0.4) is 0 Å². The number of amides is 3. The number of thiophene rings is 2. The molecule has 48 heavy (non-hydrogen) atoms. The molecule has 3 amide bonds. The third kappa shape index (κ3) is 8.95. The topological polar surface area (TPSA) is 132 Å². The molecule has 1 saturated heterocycles. The number of carbonyl (C=O) groups is 3. The lowest BCUT2D eigenvalue weighted by Crippen LogP contribution is -2.41. The summed E-state index contributed by atoms with van der Waals surface area (Å²) in [5.74, 6) is -0.784. The highest BCUT2D eigenvalue weighted by atomic mass is 32.1. The second-order valence-corrected chi connectivity index (χ2v) is 14.5. The Bertz CT molecular complexity index is 1770. The summed E-state index contributed by atoms with van der Waals surface area (Å²) in [5.41, 5.74) is 7.08. The van der Waals surface area contributed by atoms with Gasteiger partial charge in [-0.05, 0) is 53.3 Å². The number of aromatic hydroxyl groups is 1. The second-order valence-electron chi connectivity index (χ2n) is 12.5. The monoisotopic (exact) mass is 687 g/mol. The van der Waals surface area contributed by atoms with Gasteiger partial charge in [0, 0.05) is 43.7 Å². The van der Waals surface area contributed by atoms with Gasteiger partial charge in [-0.3, -0.25) is 19.3 Å². The standard InChI is InChI=1S/C36H41N5O5S2/c1-23(28-22-47-32(31(28)42)25-9-11-27(12-10-25)36(2,3)4)39-40-35(45)30-14-13-29(48-30)34(44)38-21-24-5-7-26(8-6-24)33(43)37-15-16-41-17-19-46-20-18-41/h5-14,22,42H,15-21H2,1-4H3,(H,37,43)(H,38,44)(H,40,45)/b39-23+. The Morgan fingerprint density at radius 2 is 1.56 bits per heavy atom. The molecule has 5 rings (SSSR count). The van der Waals surface area contributed by atoms with E-state index < -0.39 is 5.91 Å². The van der Waals surface area contributed by atoms with E-state index >= 15 is 0 Å². The summed E-state index contributed by atoms with van der Waals surface area (Å²) in [4.78, 5) is 41.8. The van der Waals surface area contributed by atoms with Crippen molar-refractivity contribution in [2.45, 2.75) is 39.7 Å². The SMILES string of the molecule is C/C(=N\NC(=O)c1ccc(C(=O)NCc2ccc(C(=O)NCCN3CCOCC3)cc2)s1)c1csc(-c2ccc(C(C)(C)C)cc2)c1O. The van der Waals surface area contributed by atoms with Crippen LogP contribution in [0.2, 0.25) is 0 Å². The number of carbonyl (C=O) groups excluding carboxylic acids is 3. The molecule has 1 aliphatic heterocycles. The molecule has 4 N–H and O–H groups in total. The van der Waals surface area contributed by atoms with Gasteiger partial charge in [-0.25, -0.2) is 5.43 Å². The van der Waals surface area contributed by atoms with E-state index in [1.165, 1.54) is 16.9 Å². The van der Waals surface area contributed by atoms with Crippen LogP contribution in [-0.4, -0.2) is 72.8 Å². The van der Waals surface area contributed by atoms with Gasteiger partial charge in [-0.15, -0.1) is 22.7 Å². The van der Waals surface area contributed by atoms with Crippen molar-refractivity contribution in [3.05, 3.63) is 98.1 Å². The molecule has 10 nitrogen and oxygen atoms in total. The van der Waals surface area contributed by atoms with Crippen LogP contribution in [-0.2, 0) is 16.7 Å². The van der Waals surface area contributed by atoms with Gasteiger partial charge in [-0.2, -0.15) is 5.10 Å². The van der Waals surface area contributed by atoms with Crippen molar-refractivity contribution in [1.82, 2.24) is 21.0 Å². The fraction of sp³-hybridized carbons (Fsp3) is 0.333. The molecule has 3 heterocycles. The first kappa shape index (κ1) is 35.0. The van der Waals surface area contributed by atoms with E-state index in [0.717, 1.165) is 60.2 Å². The third-order valence-corrected chi connectivity index (χ3v) is 10.1. The number of rotatable bonds is 11. The van der Waals surface area contributed by atoms with Gasteiger partial charge in [0.1, 0.15) is 5.75 Å². The van der Waals surface area contributed by atoms with Crippen LogP contribution >= 0.6 is 22.7 Å². The second kappa shape index (κ2) is 15.7. The summed E-state index contributed by atoms with van der Waals surface area (Å²) in [6, 6.07) is 18.4. The minimum atomic E-state index is -0.454. The highest BCUT2D eigenvalue weighted by molar-refractivity contribution is 7.16. The zero-order valence-electron chi connectivity index (χ0n) is 27.6. The van der Waals surface area contributed by atoms with Crippen molar-refractivity contribution in [2.75, 3.05) is 39.4 Å². The van der Waals surface area contributed by atoms with Crippen LogP contribution in [0.25, 0.3) is 10.4 Å². The smallest absolute Gasteiger partial charge is 0.281 e. The Hall–Kier alpha value is -4.36. The maximum Gasteiger partial charge on any atom is 0.281 e. The molecule has 0 bridgehead atoms. The van der Waals surface area contributed by atoms with Gasteiger partial charge in [0.2, 0.25) is 0 Å². The number of morpholine rings is 1. The molecular formula is C36H41N5O5S2. The third-order valence-electron chi connectivity index (χ3n) is 8.03. The molecule has 2 aromatic carbocycles. The van der Waals surface area contributed by atoms with Gasteiger partial charge in [0.05, 0.1) is 39.1 Å². The molecule has 0 spiro atoms. The highest BCUT2D eigenvalue weighted by Crippen LogP contribution is 2.39. The number of hydrogen-bond donors (Lipinski definition) is 4. The summed E-state index contributed by atoms with van der Waals surface area (Å²) >= 11 is 2.47. The highest BCUT2D eigenvalue weighted by Gasteiger charge is 2.19. The van der Waals surface area contributed by atoms with E-state index in [4.69, 9.17) is 4.74 Å². The first-order valence-corrected chi connectivity index (χ1v) is 17.5. The Kier molecular flexibility index (Phi) is 11.4. The van der Waals surface area contributed by atoms with E-state index in [9.17, 15) is 19.5 Å². The molecule has 0 atom stereocenters. The molecule has 0 radical (unpaired) electrons. The Morgan fingerprint density at radius 3 is 2.23 bits per heavy atom. The number of benzene rings is 2. The first-order valence-electron chi connectivity index (χ1n) is 15.8. The summed E-state index contributed by atoms with van der Waals surface area (Å²) in [5, 5.41) is 22.8. The fourth-order valence-electron chi connectivity index (χ4n) is 5.06. The minimum Gasteiger partial charge on any atom is -0.506 e. The average molecular weight is 688 g/mol. The van der Waals surface area contributed by atoms with Gasteiger partial charge in [0.15, 0.2) is 0 Å².